The lowest BCUT2D eigenvalue weighted by molar-refractivity contribution is -0.116. The van der Waals surface area contributed by atoms with E-state index in [4.69, 9.17) is 14.2 Å². The van der Waals surface area contributed by atoms with Crippen molar-refractivity contribution in [3.05, 3.63) is 44.9 Å². The number of ketones is 1. The maximum atomic E-state index is 12.8. The van der Waals surface area contributed by atoms with Gasteiger partial charge in [-0.1, -0.05) is 6.07 Å². The van der Waals surface area contributed by atoms with Gasteiger partial charge < -0.3 is 19.5 Å². The second kappa shape index (κ2) is 6.53. The Kier molecular flexibility index (Phi) is 4.18. The van der Waals surface area contributed by atoms with Gasteiger partial charge >= 0.3 is 0 Å². The van der Waals surface area contributed by atoms with Gasteiger partial charge in [0.2, 0.25) is 5.75 Å². The smallest absolute Gasteiger partial charge is 0.270 e. The van der Waals surface area contributed by atoms with Gasteiger partial charge in [-0.25, -0.2) is 0 Å². The van der Waals surface area contributed by atoms with Crippen LogP contribution in [0.3, 0.4) is 0 Å². The zero-order chi connectivity index (χ0) is 19.1. The van der Waals surface area contributed by atoms with Crippen molar-refractivity contribution in [2.75, 3.05) is 26.6 Å². The number of nitrogens with one attached hydrogen (secondary N) is 3. The molecular formula is C19H21N3O5. The summed E-state index contributed by atoms with van der Waals surface area (Å²) in [5.41, 5.74) is 2.34. The molecule has 0 spiro atoms. The number of methoxy groups -OCH3 is 3. The molecule has 1 aliphatic heterocycles. The second-order valence-electron chi connectivity index (χ2n) is 6.52. The molecule has 2 aromatic rings. The van der Waals surface area contributed by atoms with Crippen LogP contribution in [0.15, 0.2) is 28.2 Å². The maximum Gasteiger partial charge on any atom is 0.270 e. The Morgan fingerprint density at radius 3 is 2.44 bits per heavy atom. The number of anilines is 1. The fraction of sp³-hybridized carbons (Fsp3) is 0.368. The number of aromatic nitrogens is 2. The quantitative estimate of drug-likeness (QED) is 0.762. The third kappa shape index (κ3) is 2.51. The van der Waals surface area contributed by atoms with Crippen molar-refractivity contribution in [3.8, 4) is 17.2 Å². The van der Waals surface area contributed by atoms with Crippen molar-refractivity contribution < 1.29 is 19.0 Å². The number of rotatable bonds is 4. The highest BCUT2D eigenvalue weighted by Crippen LogP contribution is 2.50. The fourth-order valence-corrected chi connectivity index (χ4v) is 4.03. The standard InChI is InChI=1S/C19H21N3O5/c1-25-12-8-7-9(16(26-2)17(12)27-3)13-14-10(5-4-6-11(14)23)20-18-15(13)19(24)22-21-18/h7-8,13H,4-6H2,1-3H3,(H3,20,21,22,24)/t13-/m1/s1. The molecule has 1 aliphatic carbocycles. The molecule has 1 aromatic heterocycles. The number of hydrogen-bond acceptors (Lipinski definition) is 6. The van der Waals surface area contributed by atoms with E-state index in [1.165, 1.54) is 14.2 Å². The molecule has 0 bridgehead atoms. The second-order valence-corrected chi connectivity index (χ2v) is 6.52. The molecule has 0 fully saturated rings. The number of Topliss-reactive ketones (excluding diaryl/α,β-unsaturated/α-hetero) is 1. The van der Waals surface area contributed by atoms with Crippen LogP contribution in [0.5, 0.6) is 17.2 Å². The van der Waals surface area contributed by atoms with Crippen LogP contribution in [0.1, 0.15) is 36.3 Å². The highest BCUT2D eigenvalue weighted by molar-refractivity contribution is 6.01. The normalized spacial score (nSPS) is 18.5. The molecule has 0 amide bonds. The molecule has 0 saturated heterocycles. The van der Waals surface area contributed by atoms with E-state index < -0.39 is 5.92 Å². The monoisotopic (exact) mass is 371 g/mol. The summed E-state index contributed by atoms with van der Waals surface area (Å²) in [6.07, 6.45) is 1.99. The summed E-state index contributed by atoms with van der Waals surface area (Å²) in [5.74, 6) is 1.45. The van der Waals surface area contributed by atoms with Gasteiger partial charge in [0.25, 0.3) is 5.56 Å². The molecular weight excluding hydrogens is 350 g/mol. The van der Waals surface area contributed by atoms with Crippen molar-refractivity contribution in [3.63, 3.8) is 0 Å². The fourth-order valence-electron chi connectivity index (χ4n) is 4.03. The van der Waals surface area contributed by atoms with Crippen molar-refractivity contribution in [1.82, 2.24) is 10.2 Å². The van der Waals surface area contributed by atoms with Gasteiger partial charge in [0, 0.05) is 23.3 Å². The predicted molar refractivity (Wildman–Crippen MR) is 98.9 cm³/mol. The molecule has 0 saturated carbocycles. The molecule has 2 heterocycles. The SMILES string of the molecule is COc1ccc([C@@H]2C3=C(CCCC3=O)Nc3[nH][nH]c(=O)c32)c(OC)c1OC. The number of H-pyrrole nitrogens is 2. The first kappa shape index (κ1) is 17.3. The number of allylic oxidation sites excluding steroid dienone is 2. The summed E-state index contributed by atoms with van der Waals surface area (Å²) in [7, 11) is 4.60. The predicted octanol–water partition coefficient (Wildman–Crippen LogP) is 2.29. The van der Waals surface area contributed by atoms with Crippen LogP contribution >= 0.6 is 0 Å². The molecule has 0 unspecified atom stereocenters. The van der Waals surface area contributed by atoms with Gasteiger partial charge in [0.15, 0.2) is 17.3 Å². The van der Waals surface area contributed by atoms with Crippen LogP contribution in [0.25, 0.3) is 0 Å². The lowest BCUT2D eigenvalue weighted by Crippen LogP contribution is -2.29. The Bertz CT molecular complexity index is 1000. The molecule has 4 rings (SSSR count). The Morgan fingerprint density at radius 2 is 1.74 bits per heavy atom. The van der Waals surface area contributed by atoms with Gasteiger partial charge in [0.05, 0.1) is 32.8 Å². The number of ether oxygens (including phenoxy) is 3. The molecule has 8 heteroatoms. The van der Waals surface area contributed by atoms with Crippen LogP contribution in [-0.2, 0) is 4.79 Å². The Hall–Kier alpha value is -3.16. The van der Waals surface area contributed by atoms with E-state index in [1.807, 2.05) is 6.07 Å². The summed E-state index contributed by atoms with van der Waals surface area (Å²) >= 11 is 0. The van der Waals surface area contributed by atoms with Crippen LogP contribution in [0.4, 0.5) is 5.82 Å². The topological polar surface area (TPSA) is 105 Å². The summed E-state index contributed by atoms with van der Waals surface area (Å²) in [6.45, 7) is 0. The first-order chi connectivity index (χ1) is 13.1. The molecule has 27 heavy (non-hydrogen) atoms. The van der Waals surface area contributed by atoms with Crippen LogP contribution in [0, 0.1) is 0 Å². The lowest BCUT2D eigenvalue weighted by Gasteiger charge is -2.32. The third-order valence-corrected chi connectivity index (χ3v) is 5.17. The Labute approximate surface area is 155 Å². The van der Waals surface area contributed by atoms with Crippen molar-refractivity contribution in [1.29, 1.82) is 0 Å². The number of fused-ring (bicyclic) bond motifs is 1. The van der Waals surface area contributed by atoms with Crippen LogP contribution in [0.2, 0.25) is 0 Å². The van der Waals surface area contributed by atoms with Gasteiger partial charge in [-0.05, 0) is 18.9 Å². The maximum absolute atomic E-state index is 12.8. The number of aromatic amines is 2. The molecule has 2 aliphatic rings. The van der Waals surface area contributed by atoms with Crippen molar-refractivity contribution in [2.45, 2.75) is 25.2 Å². The molecule has 8 nitrogen and oxygen atoms in total. The summed E-state index contributed by atoms with van der Waals surface area (Å²) in [6, 6.07) is 3.58. The highest BCUT2D eigenvalue weighted by atomic mass is 16.5. The Balaban J connectivity index is 2.01. The summed E-state index contributed by atoms with van der Waals surface area (Å²) < 4.78 is 16.5. The number of carbonyl (C=O) groups is 1. The zero-order valence-electron chi connectivity index (χ0n) is 15.4. The number of carbonyl (C=O) groups excluding carboxylic acids is 1. The minimum atomic E-state index is -0.547. The van der Waals surface area contributed by atoms with E-state index in [-0.39, 0.29) is 11.3 Å². The molecule has 142 valence electrons. The van der Waals surface area contributed by atoms with E-state index in [0.717, 1.165) is 18.5 Å². The van der Waals surface area contributed by atoms with Crippen LogP contribution < -0.4 is 25.1 Å². The molecule has 1 atom stereocenters. The van der Waals surface area contributed by atoms with E-state index in [2.05, 4.69) is 15.5 Å². The van der Waals surface area contributed by atoms with Gasteiger partial charge in [-0.15, -0.1) is 0 Å². The van der Waals surface area contributed by atoms with Gasteiger partial charge in [-0.2, -0.15) is 0 Å². The number of hydrogen-bond donors (Lipinski definition) is 3. The van der Waals surface area contributed by atoms with Crippen molar-refractivity contribution >= 4 is 11.6 Å². The van der Waals surface area contributed by atoms with E-state index >= 15 is 0 Å². The first-order valence-corrected chi connectivity index (χ1v) is 8.73. The lowest BCUT2D eigenvalue weighted by atomic mass is 9.76. The first-order valence-electron chi connectivity index (χ1n) is 8.73. The van der Waals surface area contributed by atoms with Crippen LogP contribution in [-0.4, -0.2) is 37.3 Å². The molecule has 3 N–H and O–H groups in total. The highest BCUT2D eigenvalue weighted by Gasteiger charge is 2.39. The number of benzene rings is 1. The van der Waals surface area contributed by atoms with E-state index in [1.54, 1.807) is 13.2 Å². The zero-order valence-corrected chi connectivity index (χ0v) is 15.4. The third-order valence-electron chi connectivity index (χ3n) is 5.17. The van der Waals surface area contributed by atoms with E-state index in [0.29, 0.717) is 46.2 Å². The molecule has 1 aromatic carbocycles. The largest absolute Gasteiger partial charge is 0.493 e. The Morgan fingerprint density at radius 1 is 0.963 bits per heavy atom. The van der Waals surface area contributed by atoms with E-state index in [9.17, 15) is 9.59 Å². The average Bonchev–Trinajstić information content (AvgIpc) is 3.05. The van der Waals surface area contributed by atoms with Crippen molar-refractivity contribution in [2.24, 2.45) is 0 Å². The minimum Gasteiger partial charge on any atom is -0.493 e. The summed E-state index contributed by atoms with van der Waals surface area (Å²) in [5, 5.41) is 8.70. The summed E-state index contributed by atoms with van der Waals surface area (Å²) in [4.78, 5) is 25.4. The molecule has 0 radical (unpaired) electrons. The average molecular weight is 371 g/mol. The minimum absolute atomic E-state index is 0.0387. The van der Waals surface area contributed by atoms with Gasteiger partial charge in [0.1, 0.15) is 5.82 Å². The van der Waals surface area contributed by atoms with Gasteiger partial charge in [-0.3, -0.25) is 19.8 Å².